The minimum absolute atomic E-state index is 0.408. The van der Waals surface area contributed by atoms with Crippen molar-refractivity contribution in [2.45, 2.75) is 12.8 Å². The van der Waals surface area contributed by atoms with Crippen LogP contribution >= 0.6 is 0 Å². The Bertz CT molecular complexity index is 1210. The molecule has 0 saturated carbocycles. The van der Waals surface area contributed by atoms with E-state index in [0.29, 0.717) is 18.6 Å². The number of carbonyl (C=O) groups is 1. The summed E-state index contributed by atoms with van der Waals surface area (Å²) in [7, 11) is 0. The molecule has 1 amide bonds. The fourth-order valence-corrected chi connectivity index (χ4v) is 3.77. The van der Waals surface area contributed by atoms with Gasteiger partial charge in [0.15, 0.2) is 0 Å². The quantitative estimate of drug-likeness (QED) is 0.400. The van der Waals surface area contributed by atoms with Gasteiger partial charge in [0, 0.05) is 17.4 Å². The van der Waals surface area contributed by atoms with Crippen LogP contribution in [0.25, 0.3) is 16.8 Å². The van der Waals surface area contributed by atoms with E-state index < -0.39 is 5.91 Å². The average molecular weight is 408 g/mol. The first-order valence-electron chi connectivity index (χ1n) is 10.4. The molecule has 3 heteroatoms. The van der Waals surface area contributed by atoms with Crippen LogP contribution in [0.4, 0.5) is 0 Å². The summed E-state index contributed by atoms with van der Waals surface area (Å²) >= 11 is 0. The second kappa shape index (κ2) is 9.77. The summed E-state index contributed by atoms with van der Waals surface area (Å²) < 4.78 is 6.12. The van der Waals surface area contributed by atoms with Crippen molar-refractivity contribution >= 4 is 22.8 Å². The first-order valence-corrected chi connectivity index (χ1v) is 10.4. The van der Waals surface area contributed by atoms with Crippen LogP contribution in [0.2, 0.25) is 0 Å². The molecular formula is C28H25NO2. The van der Waals surface area contributed by atoms with Gasteiger partial charge in [-0.3, -0.25) is 4.79 Å². The van der Waals surface area contributed by atoms with Gasteiger partial charge in [0.1, 0.15) is 5.75 Å². The van der Waals surface area contributed by atoms with Crippen molar-refractivity contribution < 1.29 is 9.53 Å². The Morgan fingerprint density at radius 3 is 2.29 bits per heavy atom. The Balaban J connectivity index is 1.49. The van der Waals surface area contributed by atoms with Crippen molar-refractivity contribution in [3.63, 3.8) is 0 Å². The molecule has 2 N–H and O–H groups in total. The number of benzene rings is 4. The van der Waals surface area contributed by atoms with Crippen LogP contribution in [0.5, 0.6) is 5.75 Å². The molecule has 4 rings (SSSR count). The Hall–Kier alpha value is -3.85. The molecule has 0 aliphatic heterocycles. The molecule has 3 nitrogen and oxygen atoms in total. The summed E-state index contributed by atoms with van der Waals surface area (Å²) in [5.74, 6) is 0.442. The van der Waals surface area contributed by atoms with Crippen LogP contribution in [0, 0.1) is 0 Å². The van der Waals surface area contributed by atoms with Crippen molar-refractivity contribution in [2.75, 3.05) is 6.61 Å². The van der Waals surface area contributed by atoms with E-state index in [1.807, 2.05) is 48.5 Å². The van der Waals surface area contributed by atoms with E-state index in [1.165, 1.54) is 16.5 Å². The molecule has 0 spiro atoms. The molecule has 4 aromatic rings. The van der Waals surface area contributed by atoms with Crippen LogP contribution in [0.1, 0.15) is 27.0 Å². The molecule has 0 atom stereocenters. The molecule has 0 radical (unpaired) electrons. The van der Waals surface area contributed by atoms with Crippen LogP contribution in [-0.2, 0) is 12.8 Å². The topological polar surface area (TPSA) is 52.3 Å². The molecule has 0 heterocycles. The van der Waals surface area contributed by atoms with E-state index >= 15 is 0 Å². The third kappa shape index (κ3) is 5.01. The van der Waals surface area contributed by atoms with Gasteiger partial charge in [-0.2, -0.15) is 0 Å². The predicted octanol–water partition coefficient (Wildman–Crippen LogP) is 5.82. The first-order chi connectivity index (χ1) is 15.2. The van der Waals surface area contributed by atoms with Crippen LogP contribution in [0.3, 0.4) is 0 Å². The number of hydrogen-bond acceptors (Lipinski definition) is 2. The zero-order chi connectivity index (χ0) is 21.5. The summed E-state index contributed by atoms with van der Waals surface area (Å²) in [6.45, 7) is 0.474. The van der Waals surface area contributed by atoms with Crippen molar-refractivity contribution in [3.8, 4) is 5.75 Å². The van der Waals surface area contributed by atoms with Gasteiger partial charge in [-0.15, -0.1) is 0 Å². The van der Waals surface area contributed by atoms with Crippen LogP contribution < -0.4 is 10.5 Å². The summed E-state index contributed by atoms with van der Waals surface area (Å²) in [6, 6.07) is 30.2. The molecular weight excluding hydrogens is 382 g/mol. The Morgan fingerprint density at radius 1 is 0.774 bits per heavy atom. The molecule has 0 bridgehead atoms. The standard InChI is InChI=1S/C28H25NO2/c29-28(30)25-15-5-4-12-23(25)19-20-31-27-18-17-22(24-14-6-7-16-26(24)27)13-8-11-21-9-2-1-3-10-21/h1-12,14-18H,13,19-20H2,(H2,29,30)/b11-8+. The minimum atomic E-state index is -0.408. The van der Waals surface area contributed by atoms with Gasteiger partial charge in [0.05, 0.1) is 6.61 Å². The monoisotopic (exact) mass is 407 g/mol. The zero-order valence-corrected chi connectivity index (χ0v) is 17.3. The van der Waals surface area contributed by atoms with Crippen molar-refractivity contribution in [1.82, 2.24) is 0 Å². The third-order valence-electron chi connectivity index (χ3n) is 5.33. The molecule has 0 aliphatic rings. The summed E-state index contributed by atoms with van der Waals surface area (Å²) in [5.41, 5.74) is 9.39. The summed E-state index contributed by atoms with van der Waals surface area (Å²) in [6.07, 6.45) is 5.81. The fraction of sp³-hybridized carbons (Fsp3) is 0.107. The predicted molar refractivity (Wildman–Crippen MR) is 127 cm³/mol. The normalized spacial score (nSPS) is 11.1. The Labute approximate surface area is 182 Å². The number of rotatable bonds is 8. The molecule has 0 saturated heterocycles. The highest BCUT2D eigenvalue weighted by atomic mass is 16.5. The number of hydrogen-bond donors (Lipinski definition) is 1. The molecule has 0 aromatic heterocycles. The smallest absolute Gasteiger partial charge is 0.248 e. The molecule has 154 valence electrons. The number of amides is 1. The van der Waals surface area contributed by atoms with Gasteiger partial charge in [0.2, 0.25) is 5.91 Å². The number of ether oxygens (including phenoxy) is 1. The van der Waals surface area contributed by atoms with E-state index in [4.69, 9.17) is 10.5 Å². The lowest BCUT2D eigenvalue weighted by Crippen LogP contribution is -2.15. The first kappa shape index (κ1) is 20.4. The third-order valence-corrected chi connectivity index (χ3v) is 5.33. The van der Waals surface area contributed by atoms with Gasteiger partial charge in [0.25, 0.3) is 0 Å². The maximum Gasteiger partial charge on any atom is 0.248 e. The number of nitrogens with two attached hydrogens (primary N) is 1. The van der Waals surface area contributed by atoms with Crippen LogP contribution in [0.15, 0.2) is 97.1 Å². The van der Waals surface area contributed by atoms with Gasteiger partial charge >= 0.3 is 0 Å². The van der Waals surface area contributed by atoms with Gasteiger partial charge in [-0.25, -0.2) is 0 Å². The van der Waals surface area contributed by atoms with E-state index in [2.05, 4.69) is 48.6 Å². The molecule has 31 heavy (non-hydrogen) atoms. The highest BCUT2D eigenvalue weighted by Crippen LogP contribution is 2.29. The molecule has 0 fully saturated rings. The highest BCUT2D eigenvalue weighted by Gasteiger charge is 2.09. The lowest BCUT2D eigenvalue weighted by Gasteiger charge is -2.13. The SMILES string of the molecule is NC(=O)c1ccccc1CCOc1ccc(C/C=C/c2ccccc2)c2ccccc12. The van der Waals surface area contributed by atoms with E-state index in [9.17, 15) is 4.79 Å². The second-order valence-electron chi connectivity index (χ2n) is 7.41. The van der Waals surface area contributed by atoms with Gasteiger partial charge < -0.3 is 10.5 Å². The lowest BCUT2D eigenvalue weighted by molar-refractivity contribution is 0.0999. The highest BCUT2D eigenvalue weighted by molar-refractivity contribution is 5.94. The maximum atomic E-state index is 11.6. The van der Waals surface area contributed by atoms with Gasteiger partial charge in [-0.05, 0) is 40.6 Å². The van der Waals surface area contributed by atoms with Gasteiger partial charge in [-0.1, -0.05) is 91.0 Å². The van der Waals surface area contributed by atoms with E-state index in [1.54, 1.807) is 6.07 Å². The van der Waals surface area contributed by atoms with E-state index in [0.717, 1.165) is 23.1 Å². The molecule has 4 aromatic carbocycles. The van der Waals surface area contributed by atoms with Crippen molar-refractivity contribution in [2.24, 2.45) is 5.73 Å². The number of allylic oxidation sites excluding steroid dienone is 1. The molecule has 0 unspecified atom stereocenters. The lowest BCUT2D eigenvalue weighted by atomic mass is 10.0. The summed E-state index contributed by atoms with van der Waals surface area (Å²) in [4.78, 5) is 11.6. The minimum Gasteiger partial charge on any atom is -0.493 e. The molecule has 0 aliphatic carbocycles. The Morgan fingerprint density at radius 2 is 1.48 bits per heavy atom. The number of carbonyl (C=O) groups excluding carboxylic acids is 1. The number of primary amides is 1. The van der Waals surface area contributed by atoms with Crippen molar-refractivity contribution in [1.29, 1.82) is 0 Å². The summed E-state index contributed by atoms with van der Waals surface area (Å²) in [5, 5.41) is 2.28. The van der Waals surface area contributed by atoms with E-state index in [-0.39, 0.29) is 0 Å². The zero-order valence-electron chi connectivity index (χ0n) is 17.3. The van der Waals surface area contributed by atoms with Crippen LogP contribution in [-0.4, -0.2) is 12.5 Å². The fourth-order valence-electron chi connectivity index (χ4n) is 3.77. The number of fused-ring (bicyclic) bond motifs is 1. The average Bonchev–Trinajstić information content (AvgIpc) is 2.81. The second-order valence-corrected chi connectivity index (χ2v) is 7.41. The largest absolute Gasteiger partial charge is 0.493 e. The van der Waals surface area contributed by atoms with Crippen molar-refractivity contribution in [3.05, 3.63) is 119 Å². The maximum absolute atomic E-state index is 11.6. The Kier molecular flexibility index (Phi) is 6.44.